The Bertz CT molecular complexity index is 901. The van der Waals surface area contributed by atoms with E-state index < -0.39 is 5.60 Å². The van der Waals surface area contributed by atoms with Gasteiger partial charge in [-0.15, -0.1) is 0 Å². The summed E-state index contributed by atoms with van der Waals surface area (Å²) in [5, 5.41) is 0.772. The molecule has 33 heavy (non-hydrogen) atoms. The van der Waals surface area contributed by atoms with Crippen molar-refractivity contribution in [2.24, 2.45) is 5.92 Å². The summed E-state index contributed by atoms with van der Waals surface area (Å²) in [7, 11) is 0. The highest BCUT2D eigenvalue weighted by Crippen LogP contribution is 2.57. The minimum atomic E-state index is -0.536. The van der Waals surface area contributed by atoms with E-state index in [0.717, 1.165) is 48.3 Å². The van der Waals surface area contributed by atoms with Gasteiger partial charge in [-0.05, 0) is 98.3 Å². The molecular formula is C25H34BrClN2O4. The number of hydrogen-bond donors (Lipinski definition) is 0. The van der Waals surface area contributed by atoms with E-state index in [1.165, 1.54) is 17.7 Å². The number of hydrogen-bond acceptors (Lipinski definition) is 5. The highest BCUT2D eigenvalue weighted by molar-refractivity contribution is 9.10. The summed E-state index contributed by atoms with van der Waals surface area (Å²) in [6, 6.07) is 4.27. The van der Waals surface area contributed by atoms with Gasteiger partial charge in [-0.1, -0.05) is 11.6 Å². The summed E-state index contributed by atoms with van der Waals surface area (Å²) in [6.07, 6.45) is 4.75. The summed E-state index contributed by atoms with van der Waals surface area (Å²) in [5.41, 5.74) is 2.04. The molecule has 1 aromatic carbocycles. The van der Waals surface area contributed by atoms with Crippen molar-refractivity contribution >= 4 is 39.3 Å². The predicted octanol–water partition coefficient (Wildman–Crippen LogP) is 5.95. The van der Waals surface area contributed by atoms with Crippen LogP contribution in [0.5, 0.6) is 0 Å². The maximum atomic E-state index is 13.2. The van der Waals surface area contributed by atoms with Gasteiger partial charge in [0.15, 0.2) is 6.29 Å². The van der Waals surface area contributed by atoms with Gasteiger partial charge in [-0.3, -0.25) is 0 Å². The van der Waals surface area contributed by atoms with E-state index >= 15 is 0 Å². The molecule has 2 saturated heterocycles. The maximum Gasteiger partial charge on any atom is 0.410 e. The van der Waals surface area contributed by atoms with Crippen LogP contribution in [0.2, 0.25) is 5.02 Å². The zero-order chi connectivity index (χ0) is 23.3. The molecule has 0 aromatic heterocycles. The third kappa shape index (κ3) is 5.16. The van der Waals surface area contributed by atoms with Crippen LogP contribution < -0.4 is 4.90 Å². The van der Waals surface area contributed by atoms with E-state index in [-0.39, 0.29) is 24.5 Å². The second-order valence-corrected chi connectivity index (χ2v) is 12.2. The smallest absolute Gasteiger partial charge is 0.410 e. The number of amides is 1. The Morgan fingerprint density at radius 2 is 2.06 bits per heavy atom. The van der Waals surface area contributed by atoms with E-state index in [2.05, 4.69) is 26.9 Å². The molecule has 1 amide bonds. The molecule has 1 aliphatic carbocycles. The number of fused-ring (bicyclic) bond motifs is 3. The number of anilines is 1. The fourth-order valence-electron chi connectivity index (χ4n) is 5.56. The van der Waals surface area contributed by atoms with E-state index in [1.54, 1.807) is 0 Å². The van der Waals surface area contributed by atoms with Crippen molar-refractivity contribution < 1.29 is 19.0 Å². The van der Waals surface area contributed by atoms with Gasteiger partial charge < -0.3 is 24.0 Å². The van der Waals surface area contributed by atoms with Crippen molar-refractivity contribution in [3.05, 3.63) is 27.2 Å². The van der Waals surface area contributed by atoms with Crippen LogP contribution in [-0.2, 0) is 14.2 Å². The molecule has 1 aromatic rings. The standard InChI is InChI=1S/C25H34BrClN2O4/c1-25(2,3)33-24(30)29-13-17(11-18(29)14-32-22-6-4-5-7-31-22)28-12-15-8-19(15)20-9-16(27)10-21(26)23(20)28/h9-10,15,17-19,22H,4-8,11-14H2,1-3H3/t15-,17+,18+,19+,22+/m0/s1. The molecule has 0 unspecified atom stereocenters. The molecule has 5 rings (SSSR count). The van der Waals surface area contributed by atoms with Crippen molar-refractivity contribution in [3.63, 3.8) is 0 Å². The molecule has 0 N–H and O–H groups in total. The number of ether oxygens (including phenoxy) is 3. The van der Waals surface area contributed by atoms with E-state index in [9.17, 15) is 4.79 Å². The molecule has 6 nitrogen and oxygen atoms in total. The van der Waals surface area contributed by atoms with Crippen LogP contribution in [0.1, 0.15) is 64.4 Å². The van der Waals surface area contributed by atoms with Crippen molar-refractivity contribution in [1.29, 1.82) is 0 Å². The van der Waals surface area contributed by atoms with Crippen molar-refractivity contribution in [2.75, 3.05) is 31.2 Å². The number of likely N-dealkylation sites (tertiary alicyclic amines) is 1. The average molecular weight is 542 g/mol. The van der Waals surface area contributed by atoms with Crippen LogP contribution in [0.15, 0.2) is 16.6 Å². The number of carbonyl (C=O) groups is 1. The van der Waals surface area contributed by atoms with Crippen LogP contribution in [0.25, 0.3) is 0 Å². The maximum absolute atomic E-state index is 13.2. The molecule has 3 fully saturated rings. The van der Waals surface area contributed by atoms with Gasteiger partial charge in [0.1, 0.15) is 5.60 Å². The SMILES string of the molecule is CC(C)(C)OC(=O)N1C[C@H](N2C[C@@H]3C[C@H]3c3cc(Cl)cc(Br)c32)C[C@@H]1CO[C@@H]1CCCCO1. The van der Waals surface area contributed by atoms with Gasteiger partial charge in [0.05, 0.1) is 18.3 Å². The molecule has 0 bridgehead atoms. The van der Waals surface area contributed by atoms with Gasteiger partial charge in [-0.25, -0.2) is 4.79 Å². The molecule has 0 spiro atoms. The number of carbonyl (C=O) groups excluding carboxylic acids is 1. The molecule has 3 heterocycles. The molecule has 1 saturated carbocycles. The summed E-state index contributed by atoms with van der Waals surface area (Å²) < 4.78 is 18.7. The topological polar surface area (TPSA) is 51.2 Å². The first-order valence-electron chi connectivity index (χ1n) is 12.2. The lowest BCUT2D eigenvalue weighted by Gasteiger charge is -2.37. The average Bonchev–Trinajstić information content (AvgIpc) is 3.41. The van der Waals surface area contributed by atoms with Gasteiger partial charge in [0, 0.05) is 35.2 Å². The van der Waals surface area contributed by atoms with Crippen LogP contribution in [0, 0.1) is 5.92 Å². The first-order chi connectivity index (χ1) is 15.7. The summed E-state index contributed by atoms with van der Waals surface area (Å²) in [5.74, 6) is 1.28. The largest absolute Gasteiger partial charge is 0.444 e. The van der Waals surface area contributed by atoms with Crippen molar-refractivity contribution in [2.45, 2.75) is 82.8 Å². The predicted molar refractivity (Wildman–Crippen MR) is 132 cm³/mol. The lowest BCUT2D eigenvalue weighted by Crippen LogP contribution is -2.44. The Hall–Kier alpha value is -1.02. The van der Waals surface area contributed by atoms with Crippen molar-refractivity contribution in [1.82, 2.24) is 4.90 Å². The lowest BCUT2D eigenvalue weighted by molar-refractivity contribution is -0.168. The first-order valence-corrected chi connectivity index (χ1v) is 13.3. The quantitative estimate of drug-likeness (QED) is 0.472. The minimum absolute atomic E-state index is 0.0400. The first kappa shape index (κ1) is 23.7. The van der Waals surface area contributed by atoms with Crippen molar-refractivity contribution in [3.8, 4) is 0 Å². The highest BCUT2D eigenvalue weighted by Gasteiger charge is 2.49. The van der Waals surface area contributed by atoms with Crippen LogP contribution in [0.3, 0.4) is 0 Å². The molecule has 0 radical (unpaired) electrons. The third-order valence-corrected chi connectivity index (χ3v) is 7.99. The Balaban J connectivity index is 1.36. The van der Waals surface area contributed by atoms with E-state index in [0.29, 0.717) is 25.0 Å². The Morgan fingerprint density at radius 3 is 2.79 bits per heavy atom. The van der Waals surface area contributed by atoms with E-state index in [1.807, 2.05) is 31.7 Å². The molecule has 8 heteroatoms. The molecule has 4 aliphatic rings. The van der Waals surface area contributed by atoms with Gasteiger partial charge >= 0.3 is 6.09 Å². The van der Waals surface area contributed by atoms with Crippen LogP contribution >= 0.6 is 27.5 Å². The van der Waals surface area contributed by atoms with Gasteiger partial charge in [0.25, 0.3) is 0 Å². The normalized spacial score (nSPS) is 31.2. The minimum Gasteiger partial charge on any atom is -0.444 e. The highest BCUT2D eigenvalue weighted by atomic mass is 79.9. The lowest BCUT2D eigenvalue weighted by atomic mass is 9.99. The number of halogens is 2. The van der Waals surface area contributed by atoms with Gasteiger partial charge in [-0.2, -0.15) is 0 Å². The molecule has 182 valence electrons. The zero-order valence-electron chi connectivity index (χ0n) is 19.7. The fourth-order valence-corrected chi connectivity index (χ4v) is 6.62. The summed E-state index contributed by atoms with van der Waals surface area (Å²) >= 11 is 10.2. The van der Waals surface area contributed by atoms with Gasteiger partial charge in [0.2, 0.25) is 0 Å². The molecule has 3 aliphatic heterocycles. The fraction of sp³-hybridized carbons (Fsp3) is 0.720. The molecular weight excluding hydrogens is 508 g/mol. The van der Waals surface area contributed by atoms with E-state index in [4.69, 9.17) is 25.8 Å². The third-order valence-electron chi connectivity index (χ3n) is 7.17. The Labute approximate surface area is 210 Å². The Kier molecular flexibility index (Phi) is 6.62. The van der Waals surface area contributed by atoms with Crippen LogP contribution in [0.4, 0.5) is 10.5 Å². The second-order valence-electron chi connectivity index (χ2n) is 10.9. The number of rotatable bonds is 4. The number of benzene rings is 1. The molecule has 5 atom stereocenters. The zero-order valence-corrected chi connectivity index (χ0v) is 22.0. The number of nitrogens with zero attached hydrogens (tertiary/aromatic N) is 2. The van der Waals surface area contributed by atoms with Crippen LogP contribution in [-0.4, -0.2) is 61.3 Å². The monoisotopic (exact) mass is 540 g/mol. The summed E-state index contributed by atoms with van der Waals surface area (Å²) in [4.78, 5) is 17.5. The Morgan fingerprint density at radius 1 is 1.24 bits per heavy atom. The second kappa shape index (κ2) is 9.21. The summed E-state index contributed by atoms with van der Waals surface area (Å²) in [6.45, 7) is 8.59.